The van der Waals surface area contributed by atoms with Crippen molar-refractivity contribution < 1.29 is 51.7 Å². The number of anilines is 1. The van der Waals surface area contributed by atoms with E-state index >= 15 is 0 Å². The van der Waals surface area contributed by atoms with Crippen molar-refractivity contribution in [3.8, 4) is 0 Å². The van der Waals surface area contributed by atoms with Gasteiger partial charge < -0.3 is 34.1 Å². The summed E-state index contributed by atoms with van der Waals surface area (Å²) in [5.41, 5.74) is 0.383. The third-order valence-corrected chi connectivity index (χ3v) is 4.13. The molecule has 0 aliphatic carbocycles. The van der Waals surface area contributed by atoms with Crippen LogP contribution in [0.15, 0.2) is 24.3 Å². The summed E-state index contributed by atoms with van der Waals surface area (Å²) in [7, 11) is -10.3. The fourth-order valence-electron chi connectivity index (χ4n) is 1.21. The van der Waals surface area contributed by atoms with E-state index in [9.17, 15) is 24.1 Å². The van der Waals surface area contributed by atoms with Crippen LogP contribution < -0.4 is 24.3 Å². The third kappa shape index (κ3) is 13.6. The van der Waals surface area contributed by atoms with Crippen molar-refractivity contribution in [2.75, 3.05) is 18.5 Å². The van der Waals surface area contributed by atoms with Crippen LogP contribution in [0.5, 0.6) is 0 Å². The molecule has 0 saturated heterocycles. The van der Waals surface area contributed by atoms with Gasteiger partial charge >= 0.3 is 17.9 Å². The normalized spacial score (nSPS) is 14.0. The number of nitrogens with zero attached hydrogens (tertiary/aromatic N) is 1. The summed E-state index contributed by atoms with van der Waals surface area (Å²) in [6, 6.07) is 5.32. The molecule has 142 valence electrons. The summed E-state index contributed by atoms with van der Waals surface area (Å²) in [4.78, 5) is 37.3. The minimum Gasteiger partial charge on any atom is -1.00 e. The van der Waals surface area contributed by atoms with Crippen molar-refractivity contribution in [3.05, 3.63) is 34.4 Å². The first-order chi connectivity index (χ1) is 9.59. The van der Waals surface area contributed by atoms with Crippen molar-refractivity contribution >= 4 is 37.1 Å². The van der Waals surface area contributed by atoms with E-state index < -0.39 is 27.2 Å². The van der Waals surface area contributed by atoms with Crippen LogP contribution in [0.1, 0.15) is 0 Å². The third-order valence-electron chi connectivity index (χ3n) is 1.97. The molecule has 0 saturated carbocycles. The van der Waals surface area contributed by atoms with Gasteiger partial charge in [-0.2, -0.15) is 0 Å². The number of phosphoric acid groups is 2. The molecule has 17 heteroatoms. The second-order valence-corrected chi connectivity index (χ2v) is 6.37. The minimum atomic E-state index is -5.38. The summed E-state index contributed by atoms with van der Waals surface area (Å²) in [6.45, 7) is -0.426. The van der Waals surface area contributed by atoms with Crippen LogP contribution in [-0.4, -0.2) is 38.0 Å². The van der Waals surface area contributed by atoms with Crippen LogP contribution in [-0.2, 0) is 18.0 Å². The molecule has 0 bridgehead atoms. The molecule has 0 amide bonds. The van der Waals surface area contributed by atoms with Gasteiger partial charge in [0.25, 0.3) is 13.5 Å². The molecule has 0 heterocycles. The smallest absolute Gasteiger partial charge is 1.00 e. The minimum absolute atomic E-state index is 0. The number of halogens is 3. The van der Waals surface area contributed by atoms with E-state index in [1.807, 2.05) is 0 Å². The van der Waals surface area contributed by atoms with E-state index in [1.54, 1.807) is 0 Å². The standard InChI is InChI=1S/C8H12N2O9P2.Be.3FH/c11-10(12)8-3-1-7(2-4-8)9-5-6-18-21(16,17)19-20(13,14)15;;;;/h1-4,9H,5-6H2,(H,16,17)(H2,13,14,15);;3*1H/q;+2;;;/p-4. The Morgan fingerprint density at radius 2 is 1.60 bits per heavy atom. The van der Waals surface area contributed by atoms with Crippen molar-refractivity contribution in [2.45, 2.75) is 0 Å². The summed E-state index contributed by atoms with van der Waals surface area (Å²) in [5, 5.41) is 13.1. The number of nitro benzene ring substituents is 1. The average molecular weight is 407 g/mol. The first-order valence-electron chi connectivity index (χ1n) is 5.30. The second-order valence-electron chi connectivity index (χ2n) is 3.58. The van der Waals surface area contributed by atoms with Gasteiger partial charge in [0.05, 0.1) is 11.5 Å². The quantitative estimate of drug-likeness (QED) is 0.124. The van der Waals surface area contributed by atoms with Gasteiger partial charge in [-0.25, -0.2) is 8.88 Å². The number of benzene rings is 1. The van der Waals surface area contributed by atoms with Crippen LogP contribution in [0.3, 0.4) is 0 Å². The van der Waals surface area contributed by atoms with Crippen molar-refractivity contribution in [2.24, 2.45) is 0 Å². The number of phosphoric ester groups is 1. The van der Waals surface area contributed by atoms with E-state index in [0.717, 1.165) is 0 Å². The maximum Gasteiger partial charge on any atom is 2.00 e. The number of nitro groups is 1. The SMILES string of the molecule is O=[N+]([O-])c1ccc(NCCOP(=O)(O)OP(=O)([O-])O)cc1.[Be+2].[F-].[F-].[F-]. The van der Waals surface area contributed by atoms with Crippen LogP contribution >= 0.6 is 15.6 Å². The Labute approximate surface area is 142 Å². The molecular formula is C8H11BeF3N2O9P2-2. The molecule has 0 aliphatic heterocycles. The number of hydrogen-bond donors (Lipinski definition) is 3. The van der Waals surface area contributed by atoms with Crippen molar-refractivity contribution in [3.63, 3.8) is 0 Å². The van der Waals surface area contributed by atoms with Crippen LogP contribution in [0.25, 0.3) is 0 Å². The van der Waals surface area contributed by atoms with Crippen molar-refractivity contribution in [1.29, 1.82) is 0 Å². The Morgan fingerprint density at radius 1 is 1.12 bits per heavy atom. The van der Waals surface area contributed by atoms with E-state index in [4.69, 9.17) is 9.79 Å². The molecule has 25 heavy (non-hydrogen) atoms. The molecule has 1 aromatic carbocycles. The topological polar surface area (TPSA) is 171 Å². The van der Waals surface area contributed by atoms with Gasteiger partial charge in [-0.3, -0.25) is 19.2 Å². The van der Waals surface area contributed by atoms with Crippen LogP contribution in [0.2, 0.25) is 0 Å². The van der Waals surface area contributed by atoms with Crippen molar-refractivity contribution in [1.82, 2.24) is 0 Å². The van der Waals surface area contributed by atoms with Gasteiger partial charge in [0.1, 0.15) is 0 Å². The molecule has 0 aliphatic rings. The molecule has 2 atom stereocenters. The zero-order chi connectivity index (χ0) is 16.1. The molecule has 0 radical (unpaired) electrons. The molecule has 1 aromatic rings. The van der Waals surface area contributed by atoms with E-state index in [2.05, 4.69) is 14.2 Å². The average Bonchev–Trinajstić information content (AvgIpc) is 2.32. The van der Waals surface area contributed by atoms with Gasteiger partial charge in [-0.05, 0) is 12.1 Å². The van der Waals surface area contributed by atoms with Gasteiger partial charge in [0.2, 0.25) is 0 Å². The first-order valence-corrected chi connectivity index (χ1v) is 8.29. The van der Waals surface area contributed by atoms with Gasteiger partial charge in [-0.15, -0.1) is 0 Å². The van der Waals surface area contributed by atoms with E-state index in [-0.39, 0.29) is 36.5 Å². The predicted octanol–water partition coefficient (Wildman–Crippen LogP) is -8.77. The summed E-state index contributed by atoms with van der Waals surface area (Å²) < 4.78 is 29.0. The van der Waals surface area contributed by atoms with Gasteiger partial charge in [0.15, 0.2) is 0 Å². The molecule has 0 spiro atoms. The Bertz CT molecular complexity index is 603. The van der Waals surface area contributed by atoms with E-state index in [0.29, 0.717) is 5.69 Å². The first kappa shape index (κ1) is 31.4. The van der Waals surface area contributed by atoms with Gasteiger partial charge in [-0.1, -0.05) is 0 Å². The summed E-state index contributed by atoms with van der Waals surface area (Å²) in [5.74, 6) is 0. The molecule has 1 rings (SSSR count). The van der Waals surface area contributed by atoms with E-state index in [1.165, 1.54) is 24.3 Å². The number of hydrogen-bond acceptors (Lipinski definition) is 8. The Hall–Kier alpha value is -1.36. The van der Waals surface area contributed by atoms with Crippen LogP contribution in [0, 0.1) is 10.1 Å². The second kappa shape index (κ2) is 12.9. The maximum atomic E-state index is 11.0. The molecule has 2 unspecified atom stereocenters. The maximum absolute atomic E-state index is 11.0. The molecule has 11 nitrogen and oxygen atoms in total. The Balaban J connectivity index is -0.000000551. The zero-order valence-electron chi connectivity index (χ0n) is 12.2. The largest absolute Gasteiger partial charge is 2.00 e. The Kier molecular flexibility index (Phi) is 16.2. The van der Waals surface area contributed by atoms with Gasteiger partial charge in [0, 0.05) is 24.4 Å². The molecular weight excluding hydrogens is 396 g/mol. The summed E-state index contributed by atoms with van der Waals surface area (Å²) in [6.07, 6.45) is 0. The molecule has 0 fully saturated rings. The van der Waals surface area contributed by atoms with Crippen LogP contribution in [0.4, 0.5) is 11.4 Å². The number of non-ortho nitro benzene ring substituents is 1. The predicted molar refractivity (Wildman–Crippen MR) is 74.0 cm³/mol. The fourth-order valence-corrected chi connectivity index (χ4v) is 2.77. The molecule has 3 N–H and O–H groups in total. The summed E-state index contributed by atoms with van der Waals surface area (Å²) >= 11 is 0. The Morgan fingerprint density at radius 3 is 2.00 bits per heavy atom. The monoisotopic (exact) mass is 407 g/mol. The fraction of sp³-hybridized carbons (Fsp3) is 0.250. The molecule has 0 aromatic heterocycles. The number of rotatable bonds is 8. The zero-order valence-corrected chi connectivity index (χ0v) is 13.9. The number of nitrogens with one attached hydrogen (secondary N) is 1.